The molecule has 0 saturated heterocycles. The fraction of sp³-hybridized carbons (Fsp3) is 0.167. The van der Waals surface area contributed by atoms with Gasteiger partial charge >= 0.3 is 0 Å². The topological polar surface area (TPSA) is 69.6 Å². The van der Waals surface area contributed by atoms with Crippen molar-refractivity contribution in [1.29, 1.82) is 0 Å². The summed E-state index contributed by atoms with van der Waals surface area (Å²) in [5, 5.41) is 11.5. The van der Waals surface area contributed by atoms with Gasteiger partial charge in [-0.05, 0) is 18.6 Å². The van der Waals surface area contributed by atoms with Crippen LogP contribution < -0.4 is 0 Å². The van der Waals surface area contributed by atoms with Crippen molar-refractivity contribution in [3.8, 4) is 11.5 Å². The molecule has 0 atom stereocenters. The van der Waals surface area contributed by atoms with Crippen molar-refractivity contribution >= 4 is 0 Å². The van der Waals surface area contributed by atoms with Crippen LogP contribution in [0.25, 0.3) is 11.5 Å². The highest BCUT2D eigenvalue weighted by atomic mass is 16.5. The maximum atomic E-state index is 5.26. The lowest BCUT2D eigenvalue weighted by Crippen LogP contribution is -2.02. The molecular formula is C12H11N5O. The van der Waals surface area contributed by atoms with Crippen LogP contribution in [0.1, 0.15) is 11.4 Å². The minimum absolute atomic E-state index is 0.454. The Bertz CT molecular complexity index is 644. The van der Waals surface area contributed by atoms with Gasteiger partial charge in [-0.1, -0.05) is 28.6 Å². The van der Waals surface area contributed by atoms with Crippen molar-refractivity contribution in [2.24, 2.45) is 0 Å². The number of hydrogen-bond acceptors (Lipinski definition) is 5. The summed E-state index contributed by atoms with van der Waals surface area (Å²) >= 11 is 0. The molecule has 6 heteroatoms. The van der Waals surface area contributed by atoms with Crippen molar-refractivity contribution in [2.75, 3.05) is 0 Å². The summed E-state index contributed by atoms with van der Waals surface area (Å²) in [7, 11) is 0. The summed E-state index contributed by atoms with van der Waals surface area (Å²) in [4.78, 5) is 4.35. The average Bonchev–Trinajstić information content (AvgIpc) is 3.02. The number of hydrogen-bond donors (Lipinski definition) is 0. The number of benzene rings is 1. The van der Waals surface area contributed by atoms with Crippen LogP contribution in [0.2, 0.25) is 0 Å². The highest BCUT2D eigenvalue weighted by molar-refractivity contribution is 5.57. The molecule has 3 aromatic rings. The predicted octanol–water partition coefficient (Wildman–Crippen LogP) is 1.68. The third-order valence-corrected chi connectivity index (χ3v) is 2.62. The van der Waals surface area contributed by atoms with Gasteiger partial charge in [0.25, 0.3) is 5.89 Å². The third-order valence-electron chi connectivity index (χ3n) is 2.62. The number of aryl methyl sites for hydroxylation is 1. The van der Waals surface area contributed by atoms with E-state index in [4.69, 9.17) is 4.52 Å². The maximum Gasteiger partial charge on any atom is 0.258 e. The first-order valence-corrected chi connectivity index (χ1v) is 5.55. The second kappa shape index (κ2) is 4.40. The van der Waals surface area contributed by atoms with Gasteiger partial charge in [0.1, 0.15) is 6.54 Å². The van der Waals surface area contributed by atoms with Gasteiger partial charge in [-0.25, -0.2) is 4.68 Å². The van der Waals surface area contributed by atoms with Gasteiger partial charge in [-0.15, -0.1) is 5.10 Å². The zero-order valence-corrected chi connectivity index (χ0v) is 9.82. The standard InChI is InChI=1S/C12H11N5O/c1-9-4-2-3-5-10(9)12-14-11(15-18-12)8-17-7-6-13-16-17/h2-7H,8H2,1H3. The van der Waals surface area contributed by atoms with Crippen LogP contribution in [-0.2, 0) is 6.54 Å². The molecule has 0 N–H and O–H groups in total. The normalized spacial score (nSPS) is 10.7. The summed E-state index contributed by atoms with van der Waals surface area (Å²) in [6.45, 7) is 2.46. The van der Waals surface area contributed by atoms with Crippen LogP contribution in [-0.4, -0.2) is 25.1 Å². The van der Waals surface area contributed by atoms with Crippen molar-refractivity contribution in [1.82, 2.24) is 25.1 Å². The largest absolute Gasteiger partial charge is 0.334 e. The van der Waals surface area contributed by atoms with E-state index in [0.29, 0.717) is 18.3 Å². The first-order valence-electron chi connectivity index (χ1n) is 5.55. The van der Waals surface area contributed by atoms with Crippen molar-refractivity contribution in [2.45, 2.75) is 13.5 Å². The Kier molecular flexibility index (Phi) is 2.60. The van der Waals surface area contributed by atoms with E-state index in [1.54, 1.807) is 17.1 Å². The molecule has 6 nitrogen and oxygen atoms in total. The molecule has 0 unspecified atom stereocenters. The predicted molar refractivity (Wildman–Crippen MR) is 63.6 cm³/mol. The molecule has 3 rings (SSSR count). The minimum Gasteiger partial charge on any atom is -0.334 e. The summed E-state index contributed by atoms with van der Waals surface area (Å²) in [5.41, 5.74) is 2.06. The van der Waals surface area contributed by atoms with E-state index in [-0.39, 0.29) is 0 Å². The van der Waals surface area contributed by atoms with Gasteiger partial charge < -0.3 is 4.52 Å². The maximum absolute atomic E-state index is 5.26. The second-order valence-corrected chi connectivity index (χ2v) is 3.93. The van der Waals surface area contributed by atoms with Crippen LogP contribution in [0.3, 0.4) is 0 Å². The SMILES string of the molecule is Cc1ccccc1-c1nc(Cn2ccnn2)no1. The van der Waals surface area contributed by atoms with Crippen molar-refractivity contribution in [3.05, 3.63) is 48.0 Å². The lowest BCUT2D eigenvalue weighted by Gasteiger charge is -1.97. The molecule has 0 aliphatic carbocycles. The van der Waals surface area contributed by atoms with Crippen LogP contribution in [0, 0.1) is 6.92 Å². The van der Waals surface area contributed by atoms with E-state index in [1.165, 1.54) is 0 Å². The molecule has 0 aliphatic heterocycles. The number of aromatic nitrogens is 5. The number of nitrogens with zero attached hydrogens (tertiary/aromatic N) is 5. The van der Waals surface area contributed by atoms with Gasteiger partial charge in [0.2, 0.25) is 0 Å². The van der Waals surface area contributed by atoms with E-state index in [9.17, 15) is 0 Å². The van der Waals surface area contributed by atoms with Crippen LogP contribution in [0.5, 0.6) is 0 Å². The summed E-state index contributed by atoms with van der Waals surface area (Å²) < 4.78 is 6.90. The molecule has 0 aliphatic rings. The minimum atomic E-state index is 0.454. The first-order chi connectivity index (χ1) is 8.83. The van der Waals surface area contributed by atoms with Gasteiger partial charge in [0, 0.05) is 11.8 Å². The average molecular weight is 241 g/mol. The molecule has 18 heavy (non-hydrogen) atoms. The molecule has 0 bridgehead atoms. The Balaban J connectivity index is 1.88. The van der Waals surface area contributed by atoms with Crippen LogP contribution in [0.15, 0.2) is 41.2 Å². The van der Waals surface area contributed by atoms with Gasteiger partial charge in [0.15, 0.2) is 5.82 Å². The monoisotopic (exact) mass is 241 g/mol. The molecule has 0 radical (unpaired) electrons. The Hall–Kier alpha value is -2.50. The molecular weight excluding hydrogens is 230 g/mol. The zero-order chi connectivity index (χ0) is 12.4. The van der Waals surface area contributed by atoms with E-state index in [0.717, 1.165) is 11.1 Å². The molecule has 2 heterocycles. The van der Waals surface area contributed by atoms with Crippen molar-refractivity contribution < 1.29 is 4.52 Å². The van der Waals surface area contributed by atoms with E-state index < -0.39 is 0 Å². The molecule has 90 valence electrons. The molecule has 2 aromatic heterocycles. The highest BCUT2D eigenvalue weighted by Crippen LogP contribution is 2.20. The van der Waals surface area contributed by atoms with Crippen LogP contribution >= 0.6 is 0 Å². The molecule has 0 fully saturated rings. The fourth-order valence-electron chi connectivity index (χ4n) is 1.70. The third kappa shape index (κ3) is 2.00. The number of rotatable bonds is 3. The summed E-state index contributed by atoms with van der Waals surface area (Å²) in [6.07, 6.45) is 3.37. The molecule has 1 aromatic carbocycles. The molecule has 0 saturated carbocycles. The smallest absolute Gasteiger partial charge is 0.258 e. The highest BCUT2D eigenvalue weighted by Gasteiger charge is 2.10. The Morgan fingerprint density at radius 1 is 1.28 bits per heavy atom. The van der Waals surface area contributed by atoms with E-state index >= 15 is 0 Å². The summed E-state index contributed by atoms with van der Waals surface area (Å²) in [6, 6.07) is 7.90. The second-order valence-electron chi connectivity index (χ2n) is 3.93. The Morgan fingerprint density at radius 2 is 2.17 bits per heavy atom. The lowest BCUT2D eigenvalue weighted by atomic mass is 10.1. The lowest BCUT2D eigenvalue weighted by molar-refractivity contribution is 0.418. The van der Waals surface area contributed by atoms with E-state index in [2.05, 4.69) is 20.5 Å². The molecule has 0 spiro atoms. The van der Waals surface area contributed by atoms with Gasteiger partial charge in [-0.3, -0.25) is 0 Å². The first kappa shape index (κ1) is 10.6. The van der Waals surface area contributed by atoms with E-state index in [1.807, 2.05) is 31.2 Å². The Labute approximate surface area is 103 Å². The van der Waals surface area contributed by atoms with Crippen LogP contribution in [0.4, 0.5) is 0 Å². The Morgan fingerprint density at radius 3 is 2.94 bits per heavy atom. The zero-order valence-electron chi connectivity index (χ0n) is 9.82. The van der Waals surface area contributed by atoms with Gasteiger partial charge in [0.05, 0.1) is 6.20 Å². The molecule has 0 amide bonds. The quantitative estimate of drug-likeness (QED) is 0.697. The fourth-order valence-corrected chi connectivity index (χ4v) is 1.70. The summed E-state index contributed by atoms with van der Waals surface area (Å²) in [5.74, 6) is 1.11. The van der Waals surface area contributed by atoms with Crippen molar-refractivity contribution in [3.63, 3.8) is 0 Å². The van der Waals surface area contributed by atoms with Gasteiger partial charge in [-0.2, -0.15) is 4.98 Å².